The number of amides is 1. The zero-order chi connectivity index (χ0) is 22.5. The quantitative estimate of drug-likeness (QED) is 0.375. The molecule has 0 fully saturated rings. The summed E-state index contributed by atoms with van der Waals surface area (Å²) in [5.74, 6) is 0.662. The maximum absolute atomic E-state index is 14.1. The second kappa shape index (κ2) is 9.62. The summed E-state index contributed by atoms with van der Waals surface area (Å²) in [6.07, 6.45) is -0.721. The molecule has 4 aromatic rings. The van der Waals surface area contributed by atoms with E-state index in [4.69, 9.17) is 9.47 Å². The Morgan fingerprint density at radius 3 is 2.34 bits per heavy atom. The molecule has 0 aliphatic heterocycles. The molecule has 0 aliphatic rings. The first-order chi connectivity index (χ1) is 15.5. The van der Waals surface area contributed by atoms with E-state index in [1.54, 1.807) is 62.6 Å². The summed E-state index contributed by atoms with van der Waals surface area (Å²) in [6.45, 7) is 1.68. The predicted molar refractivity (Wildman–Crippen MR) is 125 cm³/mol. The minimum atomic E-state index is -0.721. The molecule has 1 N–H and O–H groups in total. The molecule has 0 radical (unpaired) electrons. The van der Waals surface area contributed by atoms with Gasteiger partial charge < -0.3 is 14.8 Å². The molecule has 5 nitrogen and oxygen atoms in total. The second-order valence-corrected chi connectivity index (χ2v) is 7.85. The number of carbonyl (C=O) groups excluding carboxylic acids is 1. The number of ether oxygens (including phenoxy) is 2. The third kappa shape index (κ3) is 4.78. The largest absolute Gasteiger partial charge is 0.497 e. The van der Waals surface area contributed by atoms with E-state index < -0.39 is 6.10 Å². The molecule has 1 atom stereocenters. The van der Waals surface area contributed by atoms with E-state index in [0.717, 1.165) is 5.56 Å². The van der Waals surface area contributed by atoms with Crippen molar-refractivity contribution in [3.8, 4) is 33.3 Å². The van der Waals surface area contributed by atoms with Crippen molar-refractivity contribution < 1.29 is 18.7 Å². The summed E-state index contributed by atoms with van der Waals surface area (Å²) in [7, 11) is 1.59. The van der Waals surface area contributed by atoms with Crippen LogP contribution < -0.4 is 14.8 Å². The fourth-order valence-corrected chi connectivity index (χ4v) is 3.96. The van der Waals surface area contributed by atoms with Crippen LogP contribution >= 0.6 is 11.3 Å². The van der Waals surface area contributed by atoms with Gasteiger partial charge in [0.15, 0.2) is 6.10 Å². The Balaban J connectivity index is 1.51. The van der Waals surface area contributed by atoms with Gasteiger partial charge in [0, 0.05) is 16.5 Å². The highest BCUT2D eigenvalue weighted by molar-refractivity contribution is 7.13. The number of hydrogen-bond donors (Lipinski definition) is 1. The minimum Gasteiger partial charge on any atom is -0.497 e. The van der Waals surface area contributed by atoms with E-state index in [2.05, 4.69) is 10.3 Å². The third-order valence-corrected chi connectivity index (χ3v) is 5.69. The molecule has 1 heterocycles. The van der Waals surface area contributed by atoms with Gasteiger partial charge in [-0.3, -0.25) is 4.79 Å². The van der Waals surface area contributed by atoms with Crippen molar-refractivity contribution in [1.29, 1.82) is 0 Å². The maximum atomic E-state index is 14.1. The first-order valence-electron chi connectivity index (χ1n) is 9.96. The number of aromatic nitrogens is 1. The summed E-state index contributed by atoms with van der Waals surface area (Å²) in [5, 5.41) is 5.34. The van der Waals surface area contributed by atoms with Gasteiger partial charge in [0.2, 0.25) is 0 Å². The lowest BCUT2D eigenvalue weighted by Gasteiger charge is -2.16. The molecule has 32 heavy (non-hydrogen) atoms. The molecule has 3 aromatic carbocycles. The number of rotatable bonds is 7. The summed E-state index contributed by atoms with van der Waals surface area (Å²) in [6, 6.07) is 20.9. The first-order valence-corrected chi connectivity index (χ1v) is 10.8. The van der Waals surface area contributed by atoms with Crippen molar-refractivity contribution in [2.45, 2.75) is 13.0 Å². The van der Waals surface area contributed by atoms with Crippen LogP contribution in [0, 0.1) is 5.82 Å². The van der Waals surface area contributed by atoms with Crippen LogP contribution in [0.4, 0.5) is 10.1 Å². The number of anilines is 1. The van der Waals surface area contributed by atoms with Crippen LogP contribution in [0.5, 0.6) is 11.5 Å². The average molecular weight is 449 g/mol. The van der Waals surface area contributed by atoms with E-state index in [0.29, 0.717) is 33.5 Å². The van der Waals surface area contributed by atoms with Crippen molar-refractivity contribution >= 4 is 22.9 Å². The van der Waals surface area contributed by atoms with Gasteiger partial charge in [-0.05, 0) is 49.4 Å². The highest BCUT2D eigenvalue weighted by atomic mass is 32.1. The van der Waals surface area contributed by atoms with Gasteiger partial charge in [0.05, 0.1) is 18.5 Å². The highest BCUT2D eigenvalue weighted by Gasteiger charge is 2.18. The number of benzene rings is 3. The molecule has 162 valence electrons. The number of thiazole rings is 1. The van der Waals surface area contributed by atoms with Crippen molar-refractivity contribution in [2.75, 3.05) is 12.4 Å². The van der Waals surface area contributed by atoms with E-state index in [1.807, 2.05) is 23.6 Å². The molecule has 1 amide bonds. The number of halogens is 1. The Kier molecular flexibility index (Phi) is 6.47. The molecule has 1 unspecified atom stereocenters. The highest BCUT2D eigenvalue weighted by Crippen LogP contribution is 2.33. The zero-order valence-corrected chi connectivity index (χ0v) is 18.4. The number of hydrogen-bond acceptors (Lipinski definition) is 5. The van der Waals surface area contributed by atoms with Crippen LogP contribution in [0.25, 0.3) is 21.8 Å². The SMILES string of the molecule is COc1ccc(OC(C)C(=O)Nc2ccccc2-c2csc(-c3ccccc3F)n2)cc1. The summed E-state index contributed by atoms with van der Waals surface area (Å²) in [4.78, 5) is 17.4. The van der Waals surface area contributed by atoms with E-state index >= 15 is 0 Å². The second-order valence-electron chi connectivity index (χ2n) is 6.99. The van der Waals surface area contributed by atoms with Crippen LogP contribution in [0.3, 0.4) is 0 Å². The van der Waals surface area contributed by atoms with Crippen LogP contribution in [0.2, 0.25) is 0 Å². The molecule has 0 saturated heterocycles. The fraction of sp³-hybridized carbons (Fsp3) is 0.120. The topological polar surface area (TPSA) is 60.5 Å². The van der Waals surface area contributed by atoms with Gasteiger partial charge in [-0.1, -0.05) is 30.3 Å². The fourth-order valence-electron chi connectivity index (χ4n) is 3.12. The summed E-state index contributed by atoms with van der Waals surface area (Å²) < 4.78 is 25.0. The molecular formula is C25H21FN2O3S. The van der Waals surface area contributed by atoms with E-state index in [9.17, 15) is 9.18 Å². The van der Waals surface area contributed by atoms with Crippen LogP contribution in [-0.4, -0.2) is 24.1 Å². The third-order valence-electron chi connectivity index (χ3n) is 4.81. The molecule has 0 saturated carbocycles. The van der Waals surface area contributed by atoms with Crippen molar-refractivity contribution in [3.63, 3.8) is 0 Å². The number of nitrogens with zero attached hydrogens (tertiary/aromatic N) is 1. The number of carbonyl (C=O) groups is 1. The lowest BCUT2D eigenvalue weighted by atomic mass is 10.1. The van der Waals surface area contributed by atoms with Gasteiger partial charge in [0.25, 0.3) is 5.91 Å². The Bertz CT molecular complexity index is 1220. The molecule has 0 spiro atoms. The average Bonchev–Trinajstić information content (AvgIpc) is 3.30. The van der Waals surface area contributed by atoms with E-state index in [1.165, 1.54) is 17.4 Å². The summed E-state index contributed by atoms with van der Waals surface area (Å²) in [5.41, 5.74) is 2.46. The zero-order valence-electron chi connectivity index (χ0n) is 17.5. The van der Waals surface area contributed by atoms with Crippen molar-refractivity contribution in [1.82, 2.24) is 4.98 Å². The lowest BCUT2D eigenvalue weighted by molar-refractivity contribution is -0.122. The van der Waals surface area contributed by atoms with Crippen molar-refractivity contribution in [2.24, 2.45) is 0 Å². The molecular weight excluding hydrogens is 427 g/mol. The minimum absolute atomic E-state index is 0.294. The Hall–Kier alpha value is -3.71. The smallest absolute Gasteiger partial charge is 0.265 e. The summed E-state index contributed by atoms with van der Waals surface area (Å²) >= 11 is 1.35. The standard InChI is InChI=1S/C25H21FN2O3S/c1-16(31-18-13-11-17(30-2)12-14-18)24(29)27-22-10-6-4-8-20(22)23-15-32-25(28-23)19-7-3-5-9-21(19)26/h3-16H,1-2H3,(H,27,29). The lowest BCUT2D eigenvalue weighted by Crippen LogP contribution is -2.30. The molecule has 0 bridgehead atoms. The van der Waals surface area contributed by atoms with Gasteiger partial charge in [-0.2, -0.15) is 0 Å². The number of nitrogens with one attached hydrogen (secondary N) is 1. The van der Waals surface area contributed by atoms with E-state index in [-0.39, 0.29) is 11.7 Å². The van der Waals surface area contributed by atoms with Gasteiger partial charge in [-0.25, -0.2) is 9.37 Å². The van der Waals surface area contributed by atoms with Crippen LogP contribution in [-0.2, 0) is 4.79 Å². The predicted octanol–water partition coefficient (Wildman–Crippen LogP) is 6.03. The maximum Gasteiger partial charge on any atom is 0.265 e. The van der Waals surface area contributed by atoms with Gasteiger partial charge in [0.1, 0.15) is 22.3 Å². The van der Waals surface area contributed by atoms with Gasteiger partial charge >= 0.3 is 0 Å². The molecule has 4 rings (SSSR count). The monoisotopic (exact) mass is 448 g/mol. The molecule has 1 aromatic heterocycles. The molecule has 7 heteroatoms. The van der Waals surface area contributed by atoms with Crippen LogP contribution in [0.1, 0.15) is 6.92 Å². The Morgan fingerprint density at radius 1 is 0.969 bits per heavy atom. The number of para-hydroxylation sites is 1. The number of methoxy groups -OCH3 is 1. The Morgan fingerprint density at radius 2 is 1.62 bits per heavy atom. The Labute approximate surface area is 189 Å². The van der Waals surface area contributed by atoms with Gasteiger partial charge in [-0.15, -0.1) is 11.3 Å². The normalized spacial score (nSPS) is 11.6. The van der Waals surface area contributed by atoms with Crippen LogP contribution in [0.15, 0.2) is 78.2 Å². The molecule has 0 aliphatic carbocycles. The van der Waals surface area contributed by atoms with Crippen molar-refractivity contribution in [3.05, 3.63) is 84.0 Å². The first kappa shape index (κ1) is 21.5.